The first-order valence-electron chi connectivity index (χ1n) is 7.33. The summed E-state index contributed by atoms with van der Waals surface area (Å²) in [6.07, 6.45) is 3.67. The van der Waals surface area contributed by atoms with Crippen molar-refractivity contribution in [3.05, 3.63) is 41.4 Å². The Morgan fingerprint density at radius 1 is 1.25 bits per heavy atom. The van der Waals surface area contributed by atoms with Crippen LogP contribution in [0.4, 0.5) is 0 Å². The molecule has 0 amide bonds. The summed E-state index contributed by atoms with van der Waals surface area (Å²) in [6.45, 7) is 2.07. The number of nitrogens with zero attached hydrogens (tertiary/aromatic N) is 5. The molecular formula is C15H12ClN5OS2. The van der Waals surface area contributed by atoms with Crippen LogP contribution in [0.3, 0.4) is 0 Å². The van der Waals surface area contributed by atoms with E-state index in [4.69, 9.17) is 16.0 Å². The molecule has 1 aromatic carbocycles. The summed E-state index contributed by atoms with van der Waals surface area (Å²) in [4.78, 5) is 5.42. The third kappa shape index (κ3) is 3.17. The molecule has 0 saturated carbocycles. The van der Waals surface area contributed by atoms with Gasteiger partial charge in [0.2, 0.25) is 10.9 Å². The molecule has 0 unspecified atom stereocenters. The first-order chi connectivity index (χ1) is 11.7. The molecule has 0 aliphatic heterocycles. The van der Waals surface area contributed by atoms with Crippen LogP contribution in [0.15, 0.2) is 44.4 Å². The maximum atomic E-state index is 5.92. The Labute approximate surface area is 150 Å². The number of aryl methyl sites for hydroxylation is 1. The Bertz CT molecular complexity index is 944. The lowest BCUT2D eigenvalue weighted by Gasteiger charge is -1.95. The molecule has 3 aromatic heterocycles. The molecule has 0 aliphatic carbocycles. The standard InChI is InChI=1S/C15H12ClN5OS2/c1-2-3-12-18-19-14(22-12)24-15-20-21-8-11(17-13(21)23-15)9-4-6-10(16)7-5-9/h4-8H,2-3H2,1H3. The number of fused-ring (bicyclic) bond motifs is 1. The highest BCUT2D eigenvalue weighted by Gasteiger charge is 2.14. The number of hydrogen-bond donors (Lipinski definition) is 0. The third-order valence-corrected chi connectivity index (χ3v) is 5.32. The van der Waals surface area contributed by atoms with Gasteiger partial charge in [-0.25, -0.2) is 9.50 Å². The molecule has 9 heteroatoms. The molecule has 0 bridgehead atoms. The fourth-order valence-electron chi connectivity index (χ4n) is 2.15. The van der Waals surface area contributed by atoms with E-state index in [-0.39, 0.29) is 0 Å². The number of halogens is 1. The van der Waals surface area contributed by atoms with E-state index < -0.39 is 0 Å². The smallest absolute Gasteiger partial charge is 0.283 e. The van der Waals surface area contributed by atoms with E-state index in [1.54, 1.807) is 4.52 Å². The molecule has 24 heavy (non-hydrogen) atoms. The van der Waals surface area contributed by atoms with Crippen LogP contribution in [-0.4, -0.2) is 24.8 Å². The number of benzene rings is 1. The zero-order valence-corrected chi connectivity index (χ0v) is 15.0. The predicted octanol–water partition coefficient (Wildman–Crippen LogP) is 4.60. The maximum Gasteiger partial charge on any atom is 0.283 e. The van der Waals surface area contributed by atoms with Crippen molar-refractivity contribution in [1.82, 2.24) is 24.8 Å². The van der Waals surface area contributed by atoms with Gasteiger partial charge in [0, 0.05) is 28.8 Å². The van der Waals surface area contributed by atoms with Crippen molar-refractivity contribution in [2.45, 2.75) is 29.3 Å². The van der Waals surface area contributed by atoms with Gasteiger partial charge in [0.25, 0.3) is 5.22 Å². The summed E-state index contributed by atoms with van der Waals surface area (Å²) in [6, 6.07) is 7.58. The molecule has 0 spiro atoms. The van der Waals surface area contributed by atoms with E-state index in [2.05, 4.69) is 27.2 Å². The van der Waals surface area contributed by atoms with Gasteiger partial charge in [-0.15, -0.1) is 15.3 Å². The second-order valence-corrected chi connectivity index (χ2v) is 7.63. The zero-order valence-electron chi connectivity index (χ0n) is 12.6. The van der Waals surface area contributed by atoms with Gasteiger partial charge < -0.3 is 4.42 Å². The van der Waals surface area contributed by atoms with Crippen molar-refractivity contribution in [1.29, 1.82) is 0 Å². The number of rotatable bonds is 5. The second kappa shape index (κ2) is 6.54. The Hall–Kier alpha value is -1.90. The Morgan fingerprint density at radius 3 is 2.83 bits per heavy atom. The van der Waals surface area contributed by atoms with Crippen LogP contribution in [-0.2, 0) is 6.42 Å². The first kappa shape index (κ1) is 15.6. The lowest BCUT2D eigenvalue weighted by atomic mass is 10.2. The highest BCUT2D eigenvalue weighted by Crippen LogP contribution is 2.32. The summed E-state index contributed by atoms with van der Waals surface area (Å²) in [5, 5.41) is 13.8. The Morgan fingerprint density at radius 2 is 2.08 bits per heavy atom. The molecule has 0 N–H and O–H groups in total. The summed E-state index contributed by atoms with van der Waals surface area (Å²) < 4.78 is 8.15. The maximum absolute atomic E-state index is 5.92. The van der Waals surface area contributed by atoms with Gasteiger partial charge in [0.15, 0.2) is 4.34 Å². The first-order valence-corrected chi connectivity index (χ1v) is 9.35. The highest BCUT2D eigenvalue weighted by molar-refractivity contribution is 8.00. The van der Waals surface area contributed by atoms with Gasteiger partial charge in [-0.1, -0.05) is 42.0 Å². The molecule has 0 atom stereocenters. The molecule has 4 rings (SSSR count). The SMILES string of the molecule is CCCc1nnc(Sc2nn3cc(-c4ccc(Cl)cc4)nc3s2)o1. The van der Waals surface area contributed by atoms with E-state index >= 15 is 0 Å². The van der Waals surface area contributed by atoms with E-state index in [1.165, 1.54) is 23.1 Å². The van der Waals surface area contributed by atoms with Crippen LogP contribution >= 0.6 is 34.7 Å². The topological polar surface area (TPSA) is 69.1 Å². The van der Waals surface area contributed by atoms with Gasteiger partial charge in [-0.05, 0) is 18.6 Å². The molecule has 122 valence electrons. The minimum Gasteiger partial charge on any atom is -0.416 e. The van der Waals surface area contributed by atoms with Crippen LogP contribution in [0.2, 0.25) is 5.02 Å². The molecule has 3 heterocycles. The lowest BCUT2D eigenvalue weighted by Crippen LogP contribution is -1.81. The molecule has 0 radical (unpaired) electrons. The number of hydrogen-bond acceptors (Lipinski definition) is 7. The molecule has 0 fully saturated rings. The molecule has 4 aromatic rings. The fraction of sp³-hybridized carbons (Fsp3) is 0.200. The van der Waals surface area contributed by atoms with Crippen LogP contribution in [0, 0.1) is 0 Å². The van der Waals surface area contributed by atoms with Crippen LogP contribution < -0.4 is 0 Å². The van der Waals surface area contributed by atoms with Crippen molar-refractivity contribution in [3.63, 3.8) is 0 Å². The Kier molecular flexibility index (Phi) is 4.26. The van der Waals surface area contributed by atoms with Gasteiger partial charge in [0.1, 0.15) is 0 Å². The zero-order chi connectivity index (χ0) is 16.5. The van der Waals surface area contributed by atoms with Crippen molar-refractivity contribution in [3.8, 4) is 11.3 Å². The average Bonchev–Trinajstić information content (AvgIpc) is 3.24. The lowest BCUT2D eigenvalue weighted by molar-refractivity contribution is 0.411. The summed E-state index contributed by atoms with van der Waals surface area (Å²) in [5.41, 5.74) is 1.87. The molecule has 0 aliphatic rings. The minimum absolute atomic E-state index is 0.508. The quantitative estimate of drug-likeness (QED) is 0.506. The number of aromatic nitrogens is 5. The van der Waals surface area contributed by atoms with Crippen LogP contribution in [0.25, 0.3) is 16.2 Å². The summed E-state index contributed by atoms with van der Waals surface area (Å²) in [5.74, 6) is 0.659. The normalized spacial score (nSPS) is 11.4. The molecule has 6 nitrogen and oxygen atoms in total. The van der Waals surface area contributed by atoms with Crippen molar-refractivity contribution in [2.75, 3.05) is 0 Å². The molecule has 0 saturated heterocycles. The van der Waals surface area contributed by atoms with Gasteiger partial charge >= 0.3 is 0 Å². The summed E-state index contributed by atoms with van der Waals surface area (Å²) >= 11 is 8.76. The monoisotopic (exact) mass is 377 g/mol. The third-order valence-electron chi connectivity index (χ3n) is 3.25. The van der Waals surface area contributed by atoms with Gasteiger partial charge in [-0.3, -0.25) is 0 Å². The van der Waals surface area contributed by atoms with Crippen molar-refractivity contribution >= 4 is 39.7 Å². The summed E-state index contributed by atoms with van der Waals surface area (Å²) in [7, 11) is 0. The fourth-order valence-corrected chi connectivity index (χ4v) is 4.00. The predicted molar refractivity (Wildman–Crippen MR) is 93.7 cm³/mol. The largest absolute Gasteiger partial charge is 0.416 e. The highest BCUT2D eigenvalue weighted by atomic mass is 35.5. The average molecular weight is 378 g/mol. The second-order valence-electron chi connectivity index (χ2n) is 5.04. The van der Waals surface area contributed by atoms with E-state index in [0.717, 1.165) is 33.4 Å². The van der Waals surface area contributed by atoms with Gasteiger partial charge in [-0.2, -0.15) is 0 Å². The van der Waals surface area contributed by atoms with Gasteiger partial charge in [0.05, 0.1) is 11.9 Å². The van der Waals surface area contributed by atoms with Crippen LogP contribution in [0.1, 0.15) is 19.2 Å². The number of imidazole rings is 1. The van der Waals surface area contributed by atoms with E-state index in [9.17, 15) is 0 Å². The molecular weight excluding hydrogens is 366 g/mol. The van der Waals surface area contributed by atoms with Crippen molar-refractivity contribution < 1.29 is 4.42 Å². The van der Waals surface area contributed by atoms with Crippen LogP contribution in [0.5, 0.6) is 0 Å². The van der Waals surface area contributed by atoms with E-state index in [1.807, 2.05) is 30.5 Å². The minimum atomic E-state index is 0.508. The Balaban J connectivity index is 1.55. The van der Waals surface area contributed by atoms with E-state index in [0.29, 0.717) is 16.1 Å². The van der Waals surface area contributed by atoms with Crippen molar-refractivity contribution in [2.24, 2.45) is 0 Å².